The molecule has 7 heteroatoms. The largest absolute Gasteiger partial charge is 0.343 e. The average molecular weight is 293 g/mol. The van der Waals surface area contributed by atoms with Crippen LogP contribution in [0.4, 0.5) is 0 Å². The zero-order chi connectivity index (χ0) is 15.6. The highest BCUT2D eigenvalue weighted by molar-refractivity contribution is 5.99. The molecule has 1 unspecified atom stereocenters. The molecule has 21 heavy (non-hydrogen) atoms. The highest BCUT2D eigenvalue weighted by atomic mass is 16.2. The van der Waals surface area contributed by atoms with Crippen LogP contribution in [0.3, 0.4) is 0 Å². The van der Waals surface area contributed by atoms with E-state index in [0.29, 0.717) is 31.8 Å². The van der Waals surface area contributed by atoms with Crippen LogP contribution in [0.2, 0.25) is 0 Å². The number of piperazine rings is 1. The summed E-state index contributed by atoms with van der Waals surface area (Å²) in [4.78, 5) is 31.0. The van der Waals surface area contributed by atoms with Gasteiger partial charge in [0.1, 0.15) is 23.7 Å². The van der Waals surface area contributed by atoms with Crippen molar-refractivity contribution < 1.29 is 9.59 Å². The number of nitrogens with zero attached hydrogens (tertiary/aromatic N) is 4. The molecular weight excluding hydrogens is 270 g/mol. The van der Waals surface area contributed by atoms with Gasteiger partial charge in [0.15, 0.2) is 0 Å². The molecule has 2 amide bonds. The Hall–Kier alpha value is -1.92. The molecule has 0 aliphatic carbocycles. The number of rotatable bonds is 5. The van der Waals surface area contributed by atoms with Crippen LogP contribution >= 0.6 is 0 Å². The van der Waals surface area contributed by atoms with Gasteiger partial charge in [0, 0.05) is 6.54 Å². The molecule has 0 aromatic carbocycles. The first-order valence-corrected chi connectivity index (χ1v) is 7.49. The van der Waals surface area contributed by atoms with Gasteiger partial charge in [-0.3, -0.25) is 9.59 Å². The molecule has 1 atom stereocenters. The van der Waals surface area contributed by atoms with Gasteiger partial charge in [0.05, 0.1) is 6.54 Å². The summed E-state index contributed by atoms with van der Waals surface area (Å²) in [5.41, 5.74) is -0.798. The van der Waals surface area contributed by atoms with E-state index < -0.39 is 11.6 Å². The third-order valence-corrected chi connectivity index (χ3v) is 4.39. The van der Waals surface area contributed by atoms with E-state index in [1.54, 1.807) is 16.5 Å². The minimum absolute atomic E-state index is 0.0658. The first-order valence-electron chi connectivity index (χ1n) is 7.49. The fraction of sp³-hybridized carbons (Fsp3) is 0.714. The lowest BCUT2D eigenvalue weighted by Crippen LogP contribution is -2.69. The lowest BCUT2D eigenvalue weighted by molar-refractivity contribution is -0.159. The molecule has 1 aliphatic heterocycles. The van der Waals surface area contributed by atoms with Crippen molar-refractivity contribution >= 4 is 11.8 Å². The lowest BCUT2D eigenvalue weighted by atomic mass is 9.86. The molecule has 1 N–H and O–H groups in total. The molecule has 0 bridgehead atoms. The van der Waals surface area contributed by atoms with Gasteiger partial charge in [0.25, 0.3) is 0 Å². The van der Waals surface area contributed by atoms with E-state index in [0.717, 1.165) is 0 Å². The molecule has 1 aromatic rings. The Kier molecular flexibility index (Phi) is 4.29. The molecule has 1 aromatic heterocycles. The summed E-state index contributed by atoms with van der Waals surface area (Å²) in [6.45, 7) is 8.55. The number of hydrogen-bond acceptors (Lipinski definition) is 4. The maximum absolute atomic E-state index is 12.6. The number of carbonyl (C=O) groups is 2. The summed E-state index contributed by atoms with van der Waals surface area (Å²) >= 11 is 0. The summed E-state index contributed by atoms with van der Waals surface area (Å²) in [7, 11) is 0. The maximum Gasteiger partial charge on any atom is 0.246 e. The van der Waals surface area contributed by atoms with Crippen molar-refractivity contribution in [1.29, 1.82) is 0 Å². The van der Waals surface area contributed by atoms with Crippen molar-refractivity contribution in [2.24, 2.45) is 0 Å². The van der Waals surface area contributed by atoms with Crippen LogP contribution < -0.4 is 5.32 Å². The highest BCUT2D eigenvalue weighted by Crippen LogP contribution is 2.30. The summed E-state index contributed by atoms with van der Waals surface area (Å²) in [6, 6.07) is -0.498. The van der Waals surface area contributed by atoms with E-state index >= 15 is 0 Å². The van der Waals surface area contributed by atoms with Crippen LogP contribution in [0.15, 0.2) is 6.33 Å². The Balaban J connectivity index is 2.39. The van der Waals surface area contributed by atoms with Gasteiger partial charge in [-0.25, -0.2) is 9.67 Å². The molecule has 2 rings (SSSR count). The highest BCUT2D eigenvalue weighted by Gasteiger charge is 2.49. The second-order valence-corrected chi connectivity index (χ2v) is 5.35. The van der Waals surface area contributed by atoms with Gasteiger partial charge in [-0.15, -0.1) is 0 Å². The number of aromatic nitrogens is 3. The summed E-state index contributed by atoms with van der Waals surface area (Å²) in [5, 5.41) is 6.92. The molecule has 7 nitrogen and oxygen atoms in total. The van der Waals surface area contributed by atoms with Crippen LogP contribution in [-0.4, -0.2) is 43.1 Å². The van der Waals surface area contributed by atoms with Crippen LogP contribution in [0.5, 0.6) is 0 Å². The van der Waals surface area contributed by atoms with Crippen LogP contribution in [0, 0.1) is 0 Å². The minimum atomic E-state index is -0.798. The normalized spacial score (nSPS) is 21.5. The summed E-state index contributed by atoms with van der Waals surface area (Å²) < 4.78 is 1.75. The smallest absolute Gasteiger partial charge is 0.246 e. The molecule has 0 saturated carbocycles. The van der Waals surface area contributed by atoms with E-state index in [-0.39, 0.29) is 11.8 Å². The standard InChI is InChI=1S/C14H23N5O2/c1-5-14(6-2)13(21)17-10(4)12(20)18(14)8-11-15-9-16-19(11)7-3/h9-10H,5-8H2,1-4H3,(H,17,21). The fourth-order valence-electron chi connectivity index (χ4n) is 2.96. The van der Waals surface area contributed by atoms with Crippen molar-refractivity contribution in [2.45, 2.75) is 65.2 Å². The fourth-order valence-corrected chi connectivity index (χ4v) is 2.96. The van der Waals surface area contributed by atoms with E-state index in [4.69, 9.17) is 0 Å². The van der Waals surface area contributed by atoms with Crippen LogP contribution in [0.25, 0.3) is 0 Å². The molecule has 0 spiro atoms. The number of carbonyl (C=O) groups excluding carboxylic acids is 2. The quantitative estimate of drug-likeness (QED) is 0.867. The lowest BCUT2D eigenvalue weighted by Gasteiger charge is -2.46. The Morgan fingerprint density at radius 3 is 2.52 bits per heavy atom. The van der Waals surface area contributed by atoms with Crippen molar-refractivity contribution in [3.05, 3.63) is 12.2 Å². The average Bonchev–Trinajstić information content (AvgIpc) is 2.93. The van der Waals surface area contributed by atoms with Crippen LogP contribution in [0.1, 0.15) is 46.4 Å². The second kappa shape index (κ2) is 5.83. The Morgan fingerprint density at radius 2 is 1.95 bits per heavy atom. The molecule has 0 radical (unpaired) electrons. The summed E-state index contributed by atoms with van der Waals surface area (Å²) in [6.07, 6.45) is 2.64. The molecule has 2 heterocycles. The number of nitrogens with one attached hydrogen (secondary N) is 1. The molecule has 1 saturated heterocycles. The Bertz CT molecular complexity index is 535. The van der Waals surface area contributed by atoms with E-state index in [9.17, 15) is 9.59 Å². The van der Waals surface area contributed by atoms with Crippen molar-refractivity contribution in [1.82, 2.24) is 25.0 Å². The third kappa shape index (κ3) is 2.41. The van der Waals surface area contributed by atoms with E-state index in [2.05, 4.69) is 15.4 Å². The topological polar surface area (TPSA) is 80.1 Å². The van der Waals surface area contributed by atoms with Gasteiger partial charge < -0.3 is 10.2 Å². The molecular formula is C14H23N5O2. The zero-order valence-corrected chi connectivity index (χ0v) is 13.1. The first-order chi connectivity index (χ1) is 10.00. The predicted molar refractivity (Wildman–Crippen MR) is 77.2 cm³/mol. The van der Waals surface area contributed by atoms with Crippen LogP contribution in [-0.2, 0) is 22.7 Å². The number of hydrogen-bond donors (Lipinski definition) is 1. The third-order valence-electron chi connectivity index (χ3n) is 4.39. The molecule has 116 valence electrons. The first kappa shape index (κ1) is 15.5. The monoisotopic (exact) mass is 293 g/mol. The van der Waals surface area contributed by atoms with Gasteiger partial charge in [0.2, 0.25) is 11.8 Å². The molecule has 1 aliphatic rings. The van der Waals surface area contributed by atoms with Crippen molar-refractivity contribution in [3.63, 3.8) is 0 Å². The van der Waals surface area contributed by atoms with E-state index in [1.807, 2.05) is 20.8 Å². The predicted octanol–water partition coefficient (Wildman–Crippen LogP) is 0.704. The number of aryl methyl sites for hydroxylation is 1. The SMILES string of the molecule is CCn1ncnc1CN1C(=O)C(C)NC(=O)C1(CC)CC. The summed E-state index contributed by atoms with van der Waals surface area (Å²) in [5.74, 6) is 0.560. The Labute approximate surface area is 124 Å². The van der Waals surface area contributed by atoms with E-state index in [1.165, 1.54) is 6.33 Å². The van der Waals surface area contributed by atoms with Gasteiger partial charge in [-0.2, -0.15) is 5.10 Å². The molecule has 1 fully saturated rings. The second-order valence-electron chi connectivity index (χ2n) is 5.35. The van der Waals surface area contributed by atoms with Crippen molar-refractivity contribution in [2.75, 3.05) is 0 Å². The minimum Gasteiger partial charge on any atom is -0.343 e. The van der Waals surface area contributed by atoms with Gasteiger partial charge in [-0.1, -0.05) is 13.8 Å². The van der Waals surface area contributed by atoms with Gasteiger partial charge in [-0.05, 0) is 26.7 Å². The number of amides is 2. The maximum atomic E-state index is 12.6. The van der Waals surface area contributed by atoms with Crippen molar-refractivity contribution in [3.8, 4) is 0 Å². The zero-order valence-electron chi connectivity index (χ0n) is 13.1. The Morgan fingerprint density at radius 1 is 1.29 bits per heavy atom. The van der Waals surface area contributed by atoms with Gasteiger partial charge >= 0.3 is 0 Å².